The number of hydrogen-bond donors (Lipinski definition) is 1. The quantitative estimate of drug-likeness (QED) is 0.316. The molecule has 186 valence electrons. The predicted octanol–water partition coefficient (Wildman–Crippen LogP) is 3.73. The Kier molecular flexibility index (Phi) is 6.64. The molecule has 0 unspecified atom stereocenters. The Morgan fingerprint density at radius 2 is 1.89 bits per heavy atom. The van der Waals surface area contributed by atoms with Crippen LogP contribution in [0.2, 0.25) is 5.02 Å². The zero-order chi connectivity index (χ0) is 25.8. The van der Waals surface area contributed by atoms with E-state index in [4.69, 9.17) is 25.3 Å². The Morgan fingerprint density at radius 3 is 2.59 bits per heavy atom. The maximum absolute atomic E-state index is 13.5. The van der Waals surface area contributed by atoms with Crippen LogP contribution in [0, 0.1) is 0 Å². The summed E-state index contributed by atoms with van der Waals surface area (Å²) in [6, 6.07) is 15.5. The summed E-state index contributed by atoms with van der Waals surface area (Å²) in [5.41, 5.74) is 1.17. The minimum absolute atomic E-state index is 0.0481. The number of aromatic nitrogens is 5. The van der Waals surface area contributed by atoms with E-state index in [1.54, 1.807) is 54.6 Å². The van der Waals surface area contributed by atoms with E-state index >= 15 is 0 Å². The summed E-state index contributed by atoms with van der Waals surface area (Å²) < 4.78 is 21.6. The van der Waals surface area contributed by atoms with Gasteiger partial charge in [0.1, 0.15) is 17.6 Å². The van der Waals surface area contributed by atoms with E-state index in [1.807, 2.05) is 0 Å². The SMILES string of the molecule is COC(=O)c1nnc(-c2c[nH]/c(=N\c3ccc(Oc4ccon4)cc3)n(Cc3ccc(Cl)cc3)c2=O)o1. The first-order valence-electron chi connectivity index (χ1n) is 10.7. The van der Waals surface area contributed by atoms with Crippen LogP contribution in [-0.4, -0.2) is 38.0 Å². The zero-order valence-electron chi connectivity index (χ0n) is 19.1. The van der Waals surface area contributed by atoms with Gasteiger partial charge >= 0.3 is 11.9 Å². The first-order chi connectivity index (χ1) is 18.0. The van der Waals surface area contributed by atoms with E-state index in [0.29, 0.717) is 22.3 Å². The van der Waals surface area contributed by atoms with Crippen LogP contribution in [0.3, 0.4) is 0 Å². The summed E-state index contributed by atoms with van der Waals surface area (Å²) in [5, 5.41) is 11.7. The number of carbonyl (C=O) groups is 1. The maximum atomic E-state index is 13.5. The predicted molar refractivity (Wildman–Crippen MR) is 128 cm³/mol. The molecule has 0 radical (unpaired) electrons. The Bertz CT molecular complexity index is 1650. The fraction of sp³-hybridized carbons (Fsp3) is 0.0833. The van der Waals surface area contributed by atoms with Gasteiger partial charge in [0.25, 0.3) is 17.3 Å². The van der Waals surface area contributed by atoms with Gasteiger partial charge in [0.2, 0.25) is 5.62 Å². The molecule has 37 heavy (non-hydrogen) atoms. The number of halogens is 1. The van der Waals surface area contributed by atoms with Crippen molar-refractivity contribution >= 4 is 23.3 Å². The van der Waals surface area contributed by atoms with Crippen LogP contribution in [0.15, 0.2) is 85.8 Å². The molecule has 0 saturated carbocycles. The number of nitrogens with zero attached hydrogens (tertiary/aromatic N) is 5. The van der Waals surface area contributed by atoms with Gasteiger partial charge in [0, 0.05) is 17.3 Å². The second-order valence-electron chi connectivity index (χ2n) is 7.49. The number of methoxy groups -OCH3 is 1. The number of H-pyrrole nitrogens is 1. The normalized spacial score (nSPS) is 11.5. The summed E-state index contributed by atoms with van der Waals surface area (Å²) in [4.78, 5) is 32.8. The molecule has 2 aromatic carbocycles. The van der Waals surface area contributed by atoms with E-state index in [-0.39, 0.29) is 29.5 Å². The van der Waals surface area contributed by atoms with Crippen molar-refractivity contribution in [3.05, 3.63) is 99.5 Å². The fourth-order valence-corrected chi connectivity index (χ4v) is 3.40. The average Bonchev–Trinajstić information content (AvgIpc) is 3.61. The Morgan fingerprint density at radius 1 is 1.11 bits per heavy atom. The van der Waals surface area contributed by atoms with Gasteiger partial charge in [-0.25, -0.2) is 9.79 Å². The first kappa shape index (κ1) is 23.8. The second kappa shape index (κ2) is 10.3. The highest BCUT2D eigenvalue weighted by Gasteiger charge is 2.19. The highest BCUT2D eigenvalue weighted by atomic mass is 35.5. The van der Waals surface area contributed by atoms with Crippen molar-refractivity contribution in [2.45, 2.75) is 6.54 Å². The Hall–Kier alpha value is -4.97. The molecular formula is C24H17ClN6O6. The van der Waals surface area contributed by atoms with Gasteiger partial charge in [-0.3, -0.25) is 9.36 Å². The van der Waals surface area contributed by atoms with Gasteiger partial charge in [-0.2, -0.15) is 0 Å². The number of benzene rings is 2. The summed E-state index contributed by atoms with van der Waals surface area (Å²) in [6.45, 7) is 0.157. The molecule has 12 nitrogen and oxygen atoms in total. The van der Waals surface area contributed by atoms with Crippen LogP contribution < -0.4 is 15.9 Å². The van der Waals surface area contributed by atoms with Crippen LogP contribution in [0.25, 0.3) is 11.5 Å². The lowest BCUT2D eigenvalue weighted by molar-refractivity contribution is 0.0556. The topological polar surface area (TPSA) is 151 Å². The number of nitrogens with one attached hydrogen (secondary N) is 1. The number of ether oxygens (including phenoxy) is 2. The van der Waals surface area contributed by atoms with E-state index in [9.17, 15) is 9.59 Å². The van der Waals surface area contributed by atoms with E-state index < -0.39 is 11.5 Å². The van der Waals surface area contributed by atoms with Crippen LogP contribution in [0.1, 0.15) is 16.2 Å². The van der Waals surface area contributed by atoms with Crippen molar-refractivity contribution in [2.24, 2.45) is 4.99 Å². The molecule has 3 aromatic heterocycles. The largest absolute Gasteiger partial charge is 0.462 e. The highest BCUT2D eigenvalue weighted by molar-refractivity contribution is 6.30. The lowest BCUT2D eigenvalue weighted by Crippen LogP contribution is -2.36. The van der Waals surface area contributed by atoms with E-state index in [2.05, 4.69) is 30.1 Å². The first-order valence-corrected chi connectivity index (χ1v) is 11.1. The van der Waals surface area contributed by atoms with Crippen molar-refractivity contribution in [3.63, 3.8) is 0 Å². The number of hydrogen-bond acceptors (Lipinski definition) is 10. The molecule has 0 aliphatic carbocycles. The van der Waals surface area contributed by atoms with Gasteiger partial charge < -0.3 is 23.4 Å². The lowest BCUT2D eigenvalue weighted by atomic mass is 10.2. The van der Waals surface area contributed by atoms with Crippen molar-refractivity contribution in [1.29, 1.82) is 0 Å². The van der Waals surface area contributed by atoms with E-state index in [1.165, 1.54) is 24.1 Å². The van der Waals surface area contributed by atoms with Gasteiger partial charge in [-0.1, -0.05) is 23.7 Å². The summed E-state index contributed by atoms with van der Waals surface area (Å²) >= 11 is 6.01. The lowest BCUT2D eigenvalue weighted by Gasteiger charge is -2.09. The van der Waals surface area contributed by atoms with Crippen LogP contribution in [-0.2, 0) is 11.3 Å². The molecule has 13 heteroatoms. The van der Waals surface area contributed by atoms with Crippen LogP contribution >= 0.6 is 11.6 Å². The molecule has 0 amide bonds. The molecule has 0 aliphatic rings. The number of aromatic amines is 1. The molecule has 0 fully saturated rings. The van der Waals surface area contributed by atoms with Gasteiger partial charge in [0.15, 0.2) is 0 Å². The standard InChI is InChI=1S/C24H17ClN6O6/c1-34-23(33)21-29-28-20(37-21)18-12-26-24(31(22(18)32)13-14-2-4-15(25)5-3-14)27-16-6-8-17(9-7-16)36-19-10-11-35-30-19/h2-12H,13H2,1H3,(H,26,27). The monoisotopic (exact) mass is 520 g/mol. The summed E-state index contributed by atoms with van der Waals surface area (Å²) in [5.74, 6) is -0.479. The molecular weight excluding hydrogens is 504 g/mol. The molecule has 1 N–H and O–H groups in total. The molecule has 0 bridgehead atoms. The smallest absolute Gasteiger partial charge is 0.396 e. The Labute approximate surface area is 212 Å². The van der Waals surface area contributed by atoms with Gasteiger partial charge in [0.05, 0.1) is 19.3 Å². The van der Waals surface area contributed by atoms with E-state index in [0.717, 1.165) is 5.56 Å². The minimum atomic E-state index is -0.813. The third-order valence-corrected chi connectivity index (χ3v) is 5.31. The van der Waals surface area contributed by atoms with Crippen molar-refractivity contribution < 1.29 is 23.2 Å². The third-order valence-electron chi connectivity index (χ3n) is 5.05. The fourth-order valence-electron chi connectivity index (χ4n) is 3.27. The zero-order valence-corrected chi connectivity index (χ0v) is 19.9. The van der Waals surface area contributed by atoms with Crippen molar-refractivity contribution in [2.75, 3.05) is 7.11 Å². The van der Waals surface area contributed by atoms with Gasteiger partial charge in [-0.15, -0.1) is 10.2 Å². The summed E-state index contributed by atoms with van der Waals surface area (Å²) in [7, 11) is 1.18. The maximum Gasteiger partial charge on any atom is 0.396 e. The van der Waals surface area contributed by atoms with Gasteiger partial charge in [-0.05, 0) is 47.1 Å². The molecule has 5 rings (SSSR count). The van der Waals surface area contributed by atoms with Crippen molar-refractivity contribution in [1.82, 2.24) is 24.9 Å². The number of rotatable bonds is 7. The molecule has 0 atom stereocenters. The average molecular weight is 521 g/mol. The third kappa shape index (κ3) is 5.33. The van der Waals surface area contributed by atoms with Crippen LogP contribution in [0.5, 0.6) is 11.6 Å². The Balaban J connectivity index is 1.54. The molecule has 0 spiro atoms. The molecule has 3 heterocycles. The summed E-state index contributed by atoms with van der Waals surface area (Å²) in [6.07, 6.45) is 2.79. The molecule has 5 aromatic rings. The highest BCUT2D eigenvalue weighted by Crippen LogP contribution is 2.22. The molecule has 0 aliphatic heterocycles. The van der Waals surface area contributed by atoms with Crippen molar-refractivity contribution in [3.8, 4) is 23.1 Å². The molecule has 0 saturated heterocycles. The number of carbonyl (C=O) groups excluding carboxylic acids is 1. The minimum Gasteiger partial charge on any atom is -0.462 e. The van der Waals surface area contributed by atoms with Crippen LogP contribution in [0.4, 0.5) is 5.69 Å². The second-order valence-corrected chi connectivity index (χ2v) is 7.93. The number of esters is 1.